The van der Waals surface area contributed by atoms with Crippen LogP contribution in [0.4, 0.5) is 0 Å². The zero-order valence-corrected chi connectivity index (χ0v) is 22.3. The molecule has 1 fully saturated rings. The number of halogens is 1. The van der Waals surface area contributed by atoms with Gasteiger partial charge in [-0.15, -0.1) is 24.0 Å². The maximum atomic E-state index is 5.15. The molecule has 33 heavy (non-hydrogen) atoms. The molecule has 3 heterocycles. The number of rotatable bonds is 7. The number of aryl methyl sites for hydroxylation is 1. The predicted molar refractivity (Wildman–Crippen MR) is 142 cm³/mol. The van der Waals surface area contributed by atoms with Crippen LogP contribution in [0.5, 0.6) is 0 Å². The molecule has 1 atom stereocenters. The number of methoxy groups -OCH3 is 1. The molecule has 8 nitrogen and oxygen atoms in total. The monoisotopic (exact) mass is 567 g/mol. The zero-order chi connectivity index (χ0) is 22.2. The summed E-state index contributed by atoms with van der Waals surface area (Å²) in [5.74, 6) is 2.62. The van der Waals surface area contributed by atoms with E-state index in [1.165, 1.54) is 49.9 Å². The van der Waals surface area contributed by atoms with Gasteiger partial charge >= 0.3 is 0 Å². The van der Waals surface area contributed by atoms with Crippen LogP contribution in [-0.4, -0.2) is 58.9 Å². The Balaban J connectivity index is 0.00000306. The van der Waals surface area contributed by atoms with Gasteiger partial charge in [0.15, 0.2) is 11.8 Å². The fraction of sp³-hybridized carbons (Fsp3) is 0.625. The second-order valence-electron chi connectivity index (χ2n) is 8.87. The summed E-state index contributed by atoms with van der Waals surface area (Å²) in [5.41, 5.74) is 2.66. The lowest BCUT2D eigenvalue weighted by atomic mass is 10.1. The van der Waals surface area contributed by atoms with E-state index >= 15 is 0 Å². The highest BCUT2D eigenvalue weighted by Crippen LogP contribution is 2.15. The molecule has 0 bridgehead atoms. The first-order valence-corrected chi connectivity index (χ1v) is 11.9. The van der Waals surface area contributed by atoms with Crippen LogP contribution < -0.4 is 10.6 Å². The molecule has 0 radical (unpaired) electrons. The van der Waals surface area contributed by atoms with Crippen molar-refractivity contribution in [3.8, 4) is 0 Å². The number of nitrogens with zero attached hydrogens (tertiary/aromatic N) is 5. The van der Waals surface area contributed by atoms with E-state index in [9.17, 15) is 0 Å². The first kappa shape index (κ1) is 25.9. The van der Waals surface area contributed by atoms with E-state index in [4.69, 9.17) is 4.74 Å². The molecule has 0 amide bonds. The number of hydrogen-bond donors (Lipinski definition) is 2. The number of nitrogens with one attached hydrogen (secondary N) is 2. The summed E-state index contributed by atoms with van der Waals surface area (Å²) in [6, 6.07) is 9.27. The quantitative estimate of drug-likeness (QED) is 0.304. The molecule has 1 saturated heterocycles. The van der Waals surface area contributed by atoms with E-state index < -0.39 is 0 Å². The SMILES string of the molecule is CN=C(NCc1ccc(CN2CCCCCC2)cc1)NC1CCc2nc(COC)nn2C1.I. The second-order valence-corrected chi connectivity index (χ2v) is 8.87. The van der Waals surface area contributed by atoms with Gasteiger partial charge in [-0.2, -0.15) is 5.10 Å². The minimum absolute atomic E-state index is 0. The van der Waals surface area contributed by atoms with Gasteiger partial charge in [0.1, 0.15) is 12.4 Å². The van der Waals surface area contributed by atoms with Gasteiger partial charge in [-0.1, -0.05) is 37.1 Å². The molecule has 0 aliphatic carbocycles. The van der Waals surface area contributed by atoms with E-state index in [1.54, 1.807) is 7.11 Å². The van der Waals surface area contributed by atoms with E-state index in [0.717, 1.165) is 50.1 Å². The third-order valence-corrected chi connectivity index (χ3v) is 6.33. The molecule has 1 unspecified atom stereocenters. The fourth-order valence-electron chi connectivity index (χ4n) is 4.56. The van der Waals surface area contributed by atoms with Crippen molar-refractivity contribution >= 4 is 29.9 Å². The van der Waals surface area contributed by atoms with Crippen molar-refractivity contribution in [1.82, 2.24) is 30.3 Å². The van der Waals surface area contributed by atoms with E-state index in [-0.39, 0.29) is 30.0 Å². The van der Waals surface area contributed by atoms with E-state index in [2.05, 4.69) is 54.9 Å². The summed E-state index contributed by atoms with van der Waals surface area (Å²) in [4.78, 5) is 11.6. The lowest BCUT2D eigenvalue weighted by molar-refractivity contribution is 0.177. The van der Waals surface area contributed by atoms with Crippen molar-refractivity contribution in [3.05, 3.63) is 47.0 Å². The molecular weight excluding hydrogens is 529 g/mol. The molecule has 0 spiro atoms. The molecule has 2 aliphatic heterocycles. The van der Waals surface area contributed by atoms with Crippen LogP contribution in [0, 0.1) is 0 Å². The molecule has 182 valence electrons. The average molecular weight is 568 g/mol. The maximum absolute atomic E-state index is 5.15. The number of hydrogen-bond acceptors (Lipinski definition) is 5. The summed E-state index contributed by atoms with van der Waals surface area (Å²) in [6.07, 6.45) is 7.35. The summed E-state index contributed by atoms with van der Waals surface area (Å²) in [5, 5.41) is 11.5. The Morgan fingerprint density at radius 2 is 1.85 bits per heavy atom. The van der Waals surface area contributed by atoms with Gasteiger partial charge in [0, 0.05) is 39.7 Å². The van der Waals surface area contributed by atoms with Gasteiger partial charge < -0.3 is 15.4 Å². The van der Waals surface area contributed by atoms with Crippen molar-refractivity contribution in [1.29, 1.82) is 0 Å². The van der Waals surface area contributed by atoms with Gasteiger partial charge in [-0.05, 0) is 43.5 Å². The molecular formula is C24H38IN7O. The lowest BCUT2D eigenvalue weighted by Crippen LogP contribution is -2.46. The lowest BCUT2D eigenvalue weighted by Gasteiger charge is -2.25. The van der Waals surface area contributed by atoms with Crippen molar-refractivity contribution in [2.24, 2.45) is 4.99 Å². The number of fused-ring (bicyclic) bond motifs is 1. The average Bonchev–Trinajstić information content (AvgIpc) is 3.03. The molecule has 4 rings (SSSR count). The Morgan fingerprint density at radius 1 is 1.12 bits per heavy atom. The van der Waals surface area contributed by atoms with Crippen LogP contribution in [0.2, 0.25) is 0 Å². The molecule has 1 aromatic carbocycles. The molecule has 2 aromatic rings. The summed E-state index contributed by atoms with van der Waals surface area (Å²) < 4.78 is 7.15. The largest absolute Gasteiger partial charge is 0.377 e. The van der Waals surface area contributed by atoms with Crippen LogP contribution in [0.1, 0.15) is 54.9 Å². The van der Waals surface area contributed by atoms with Crippen molar-refractivity contribution in [2.45, 2.75) is 70.8 Å². The highest BCUT2D eigenvalue weighted by Gasteiger charge is 2.22. The van der Waals surface area contributed by atoms with Crippen LogP contribution in [0.25, 0.3) is 0 Å². The molecule has 9 heteroatoms. The predicted octanol–water partition coefficient (Wildman–Crippen LogP) is 3.10. The van der Waals surface area contributed by atoms with Crippen LogP contribution in [-0.2, 0) is 37.4 Å². The smallest absolute Gasteiger partial charge is 0.191 e. The molecule has 0 saturated carbocycles. The number of ether oxygens (including phenoxy) is 1. The number of aliphatic imine (C=N–C) groups is 1. The standard InChI is InChI=1S/C24H37N7O.HI/c1-25-24(27-21-11-12-23-28-22(18-32-2)29-31(23)17-21)26-15-19-7-9-20(10-8-19)16-30-13-5-3-4-6-14-30;/h7-10,21H,3-6,11-18H2,1-2H3,(H2,25,26,27);1H. The minimum atomic E-state index is 0. The first-order valence-electron chi connectivity index (χ1n) is 11.9. The Morgan fingerprint density at radius 3 is 2.55 bits per heavy atom. The van der Waals surface area contributed by atoms with Gasteiger partial charge in [-0.3, -0.25) is 9.89 Å². The number of guanidine groups is 1. The molecule has 1 aromatic heterocycles. The Labute approximate surface area is 214 Å². The van der Waals surface area contributed by atoms with Gasteiger partial charge in [-0.25, -0.2) is 9.67 Å². The Hall–Kier alpha value is -1.72. The van der Waals surface area contributed by atoms with Crippen molar-refractivity contribution < 1.29 is 4.74 Å². The molecule has 2 aliphatic rings. The van der Waals surface area contributed by atoms with Crippen LogP contribution in [0.15, 0.2) is 29.3 Å². The normalized spacial score (nSPS) is 19.3. The highest BCUT2D eigenvalue weighted by atomic mass is 127. The van der Waals surface area contributed by atoms with Gasteiger partial charge in [0.05, 0.1) is 6.54 Å². The number of aromatic nitrogens is 3. The van der Waals surface area contributed by atoms with Crippen molar-refractivity contribution in [3.63, 3.8) is 0 Å². The number of likely N-dealkylation sites (tertiary alicyclic amines) is 1. The third kappa shape index (κ3) is 7.65. The van der Waals surface area contributed by atoms with E-state index in [0.29, 0.717) is 6.61 Å². The van der Waals surface area contributed by atoms with Gasteiger partial charge in [0.25, 0.3) is 0 Å². The number of benzene rings is 1. The van der Waals surface area contributed by atoms with Crippen molar-refractivity contribution in [2.75, 3.05) is 27.2 Å². The van der Waals surface area contributed by atoms with Crippen LogP contribution in [0.3, 0.4) is 0 Å². The zero-order valence-electron chi connectivity index (χ0n) is 19.9. The van der Waals surface area contributed by atoms with E-state index in [1.807, 2.05) is 11.7 Å². The molecule has 2 N–H and O–H groups in total. The third-order valence-electron chi connectivity index (χ3n) is 6.33. The second kappa shape index (κ2) is 13.2. The summed E-state index contributed by atoms with van der Waals surface area (Å²) >= 11 is 0. The highest BCUT2D eigenvalue weighted by molar-refractivity contribution is 14.0. The first-order chi connectivity index (χ1) is 15.7. The summed E-state index contributed by atoms with van der Waals surface area (Å²) in [7, 11) is 3.49. The fourth-order valence-corrected chi connectivity index (χ4v) is 4.56. The topological polar surface area (TPSA) is 79.6 Å². The van der Waals surface area contributed by atoms with Crippen LogP contribution >= 0.6 is 24.0 Å². The maximum Gasteiger partial charge on any atom is 0.191 e. The minimum Gasteiger partial charge on any atom is -0.377 e. The Kier molecular flexibility index (Phi) is 10.4. The Bertz CT molecular complexity index is 875. The summed E-state index contributed by atoms with van der Waals surface area (Å²) in [6.45, 7) is 5.53. The van der Waals surface area contributed by atoms with Gasteiger partial charge in [0.2, 0.25) is 0 Å².